The Bertz CT molecular complexity index is 352. The summed E-state index contributed by atoms with van der Waals surface area (Å²) in [6, 6.07) is 5.33. The van der Waals surface area contributed by atoms with Gasteiger partial charge in [-0.25, -0.2) is 4.39 Å². The lowest BCUT2D eigenvalue weighted by Gasteiger charge is -2.21. The first kappa shape index (κ1) is 14.0. The third kappa shape index (κ3) is 3.70. The average Bonchev–Trinajstić information content (AvgIpc) is 2.30. The minimum atomic E-state index is -0.225. The second kappa shape index (κ2) is 6.60. The van der Waals surface area contributed by atoms with Crippen molar-refractivity contribution in [2.75, 3.05) is 20.7 Å². The summed E-state index contributed by atoms with van der Waals surface area (Å²) < 4.78 is 19.0. The van der Waals surface area contributed by atoms with Gasteiger partial charge in [0, 0.05) is 0 Å². The first-order valence-electron chi connectivity index (χ1n) is 6.06. The van der Waals surface area contributed by atoms with Crippen LogP contribution in [0.4, 0.5) is 4.39 Å². The standard InChI is InChI=1S/C14H22FNO/c1-10(2)12(9-16-3)8-11-6-5-7-13(17-4)14(11)15/h5-7,10,12,16H,8-9H2,1-4H3. The number of halogens is 1. The second-order valence-electron chi connectivity index (χ2n) is 4.70. The van der Waals surface area contributed by atoms with E-state index < -0.39 is 0 Å². The van der Waals surface area contributed by atoms with Crippen molar-refractivity contribution >= 4 is 0 Å². The van der Waals surface area contributed by atoms with E-state index in [0.29, 0.717) is 17.6 Å². The zero-order valence-corrected chi connectivity index (χ0v) is 11.1. The molecule has 1 aromatic carbocycles. The van der Waals surface area contributed by atoms with Gasteiger partial charge < -0.3 is 10.1 Å². The molecule has 0 fully saturated rings. The number of hydrogen-bond donors (Lipinski definition) is 1. The van der Waals surface area contributed by atoms with Crippen molar-refractivity contribution in [2.24, 2.45) is 11.8 Å². The molecule has 3 heteroatoms. The third-order valence-electron chi connectivity index (χ3n) is 3.15. The predicted octanol–water partition coefficient (Wildman–Crippen LogP) is 2.87. The molecule has 0 saturated carbocycles. The molecule has 1 N–H and O–H groups in total. The fourth-order valence-corrected chi connectivity index (χ4v) is 1.96. The monoisotopic (exact) mass is 239 g/mol. The Morgan fingerprint density at radius 3 is 2.59 bits per heavy atom. The topological polar surface area (TPSA) is 21.3 Å². The summed E-state index contributed by atoms with van der Waals surface area (Å²) in [4.78, 5) is 0. The van der Waals surface area contributed by atoms with Crippen LogP contribution in [0, 0.1) is 17.7 Å². The van der Waals surface area contributed by atoms with Gasteiger partial charge in [0.1, 0.15) is 0 Å². The van der Waals surface area contributed by atoms with E-state index >= 15 is 0 Å². The molecule has 2 nitrogen and oxygen atoms in total. The second-order valence-corrected chi connectivity index (χ2v) is 4.70. The number of nitrogens with one attached hydrogen (secondary N) is 1. The molecule has 0 radical (unpaired) electrons. The molecule has 0 bridgehead atoms. The number of methoxy groups -OCH3 is 1. The van der Waals surface area contributed by atoms with Gasteiger partial charge in [0.2, 0.25) is 0 Å². The van der Waals surface area contributed by atoms with Crippen LogP contribution in [-0.2, 0) is 6.42 Å². The van der Waals surface area contributed by atoms with Crippen LogP contribution >= 0.6 is 0 Å². The lowest BCUT2D eigenvalue weighted by molar-refractivity contribution is 0.356. The van der Waals surface area contributed by atoms with Gasteiger partial charge in [-0.05, 0) is 43.5 Å². The number of benzene rings is 1. The van der Waals surface area contributed by atoms with Gasteiger partial charge in [-0.3, -0.25) is 0 Å². The summed E-state index contributed by atoms with van der Waals surface area (Å²) in [5.74, 6) is 1.06. The number of ether oxygens (including phenoxy) is 1. The fraction of sp³-hybridized carbons (Fsp3) is 0.571. The van der Waals surface area contributed by atoms with E-state index in [9.17, 15) is 4.39 Å². The molecule has 0 aliphatic rings. The molecule has 1 rings (SSSR count). The molecular formula is C14H22FNO. The molecule has 0 heterocycles. The van der Waals surface area contributed by atoms with Crippen LogP contribution in [0.3, 0.4) is 0 Å². The van der Waals surface area contributed by atoms with Crippen LogP contribution in [-0.4, -0.2) is 20.7 Å². The van der Waals surface area contributed by atoms with Crippen molar-refractivity contribution < 1.29 is 9.13 Å². The van der Waals surface area contributed by atoms with E-state index in [2.05, 4.69) is 19.2 Å². The number of hydrogen-bond acceptors (Lipinski definition) is 2. The van der Waals surface area contributed by atoms with Gasteiger partial charge in [-0.2, -0.15) is 0 Å². The molecule has 1 atom stereocenters. The molecule has 1 unspecified atom stereocenters. The summed E-state index contributed by atoms with van der Waals surface area (Å²) in [5, 5.41) is 3.16. The minimum absolute atomic E-state index is 0.225. The Labute approximate surface area is 103 Å². The molecule has 0 aliphatic carbocycles. The van der Waals surface area contributed by atoms with Crippen LogP contribution in [0.2, 0.25) is 0 Å². The van der Waals surface area contributed by atoms with Gasteiger partial charge in [0.25, 0.3) is 0 Å². The summed E-state index contributed by atoms with van der Waals surface area (Å²) in [7, 11) is 3.42. The largest absolute Gasteiger partial charge is 0.494 e. The highest BCUT2D eigenvalue weighted by molar-refractivity contribution is 5.31. The Hall–Kier alpha value is -1.09. The molecule has 1 aromatic rings. The zero-order chi connectivity index (χ0) is 12.8. The van der Waals surface area contributed by atoms with Crippen LogP contribution in [0.5, 0.6) is 5.75 Å². The maximum absolute atomic E-state index is 14.0. The third-order valence-corrected chi connectivity index (χ3v) is 3.15. The molecule has 0 spiro atoms. The first-order chi connectivity index (χ1) is 8.10. The Morgan fingerprint density at radius 1 is 1.35 bits per heavy atom. The van der Waals surface area contributed by atoms with E-state index in [1.54, 1.807) is 6.07 Å². The number of rotatable bonds is 6. The lowest BCUT2D eigenvalue weighted by atomic mass is 9.89. The van der Waals surface area contributed by atoms with Crippen molar-refractivity contribution in [3.05, 3.63) is 29.6 Å². The van der Waals surface area contributed by atoms with Crippen molar-refractivity contribution in [1.82, 2.24) is 5.32 Å². The van der Waals surface area contributed by atoms with E-state index in [-0.39, 0.29) is 5.82 Å². The SMILES string of the molecule is CNCC(Cc1cccc(OC)c1F)C(C)C. The molecule has 0 aliphatic heterocycles. The van der Waals surface area contributed by atoms with Crippen molar-refractivity contribution in [3.63, 3.8) is 0 Å². The zero-order valence-electron chi connectivity index (χ0n) is 11.1. The minimum Gasteiger partial charge on any atom is -0.494 e. The molecule has 96 valence electrons. The summed E-state index contributed by atoms with van der Waals surface area (Å²) in [6.07, 6.45) is 0.738. The maximum Gasteiger partial charge on any atom is 0.168 e. The highest BCUT2D eigenvalue weighted by atomic mass is 19.1. The Kier molecular flexibility index (Phi) is 5.42. The van der Waals surface area contributed by atoms with E-state index in [1.807, 2.05) is 19.2 Å². The van der Waals surface area contributed by atoms with Crippen molar-refractivity contribution in [3.8, 4) is 5.75 Å². The normalized spacial score (nSPS) is 12.8. The van der Waals surface area contributed by atoms with E-state index in [4.69, 9.17) is 4.74 Å². The van der Waals surface area contributed by atoms with Crippen LogP contribution < -0.4 is 10.1 Å². The fourth-order valence-electron chi connectivity index (χ4n) is 1.96. The van der Waals surface area contributed by atoms with Crippen molar-refractivity contribution in [2.45, 2.75) is 20.3 Å². The van der Waals surface area contributed by atoms with E-state index in [0.717, 1.165) is 18.5 Å². The molecular weight excluding hydrogens is 217 g/mol. The Balaban J connectivity index is 2.85. The van der Waals surface area contributed by atoms with Crippen LogP contribution in [0.1, 0.15) is 19.4 Å². The molecule has 0 saturated heterocycles. The Morgan fingerprint density at radius 2 is 2.06 bits per heavy atom. The van der Waals surface area contributed by atoms with Gasteiger partial charge >= 0.3 is 0 Å². The van der Waals surface area contributed by atoms with Gasteiger partial charge in [0.15, 0.2) is 11.6 Å². The van der Waals surface area contributed by atoms with Gasteiger partial charge in [-0.15, -0.1) is 0 Å². The molecule has 0 amide bonds. The van der Waals surface area contributed by atoms with Crippen LogP contribution in [0.15, 0.2) is 18.2 Å². The quantitative estimate of drug-likeness (QED) is 0.824. The predicted molar refractivity (Wildman–Crippen MR) is 68.9 cm³/mol. The van der Waals surface area contributed by atoms with Crippen LogP contribution in [0.25, 0.3) is 0 Å². The maximum atomic E-state index is 14.0. The smallest absolute Gasteiger partial charge is 0.168 e. The molecule has 17 heavy (non-hydrogen) atoms. The lowest BCUT2D eigenvalue weighted by Crippen LogP contribution is -2.25. The van der Waals surface area contributed by atoms with Crippen molar-refractivity contribution in [1.29, 1.82) is 0 Å². The average molecular weight is 239 g/mol. The molecule has 0 aromatic heterocycles. The summed E-state index contributed by atoms with van der Waals surface area (Å²) in [6.45, 7) is 5.23. The summed E-state index contributed by atoms with van der Waals surface area (Å²) >= 11 is 0. The highest BCUT2D eigenvalue weighted by Gasteiger charge is 2.17. The highest BCUT2D eigenvalue weighted by Crippen LogP contribution is 2.24. The first-order valence-corrected chi connectivity index (χ1v) is 6.06. The van der Waals surface area contributed by atoms with E-state index in [1.165, 1.54) is 7.11 Å². The van der Waals surface area contributed by atoms with Gasteiger partial charge in [0.05, 0.1) is 7.11 Å². The van der Waals surface area contributed by atoms with Gasteiger partial charge in [-0.1, -0.05) is 26.0 Å². The summed E-state index contributed by atoms with van der Waals surface area (Å²) in [5.41, 5.74) is 0.735.